The van der Waals surface area contributed by atoms with Crippen molar-refractivity contribution in [1.29, 1.82) is 0 Å². The van der Waals surface area contributed by atoms with Crippen molar-refractivity contribution >= 4 is 33.3 Å². The van der Waals surface area contributed by atoms with Crippen molar-refractivity contribution in [1.82, 2.24) is 4.40 Å². The Morgan fingerprint density at radius 3 is 2.37 bits per heavy atom. The van der Waals surface area contributed by atoms with Crippen LogP contribution in [0.15, 0.2) is 48.5 Å². The molecular formula is C16H11NO2. The van der Waals surface area contributed by atoms with Crippen LogP contribution in [-0.4, -0.2) is 17.5 Å². The monoisotopic (exact) mass is 249 g/mol. The van der Waals surface area contributed by atoms with E-state index in [1.54, 1.807) is 0 Å². The van der Waals surface area contributed by atoms with Gasteiger partial charge in [0.2, 0.25) is 0 Å². The van der Waals surface area contributed by atoms with Crippen LogP contribution >= 0.6 is 0 Å². The van der Waals surface area contributed by atoms with Crippen molar-refractivity contribution in [2.75, 3.05) is 7.11 Å². The van der Waals surface area contributed by atoms with E-state index < -0.39 is 0 Å². The predicted octanol–water partition coefficient (Wildman–Crippen LogP) is 3.47. The molecule has 0 spiro atoms. The molecule has 0 aliphatic rings. The van der Waals surface area contributed by atoms with E-state index in [9.17, 15) is 4.79 Å². The highest BCUT2D eigenvalue weighted by Crippen LogP contribution is 2.33. The Morgan fingerprint density at radius 2 is 1.63 bits per heavy atom. The van der Waals surface area contributed by atoms with Gasteiger partial charge in [-0.05, 0) is 18.2 Å². The fourth-order valence-electron chi connectivity index (χ4n) is 2.87. The van der Waals surface area contributed by atoms with Crippen molar-refractivity contribution in [2.24, 2.45) is 0 Å². The zero-order valence-electron chi connectivity index (χ0n) is 10.4. The number of carbonyl (C=O) groups is 1. The Morgan fingerprint density at radius 1 is 0.947 bits per heavy atom. The molecule has 3 heteroatoms. The highest BCUT2D eigenvalue weighted by atomic mass is 16.5. The van der Waals surface area contributed by atoms with Crippen LogP contribution in [0.4, 0.5) is 0 Å². The standard InChI is InChI=1S/C16H11NO2/c1-19-16(18)12-9-15-11-6-3-2-5-10(11)13-7-4-8-14(12)17(13)15/h2-9H,1H3. The number of pyridine rings is 1. The van der Waals surface area contributed by atoms with E-state index in [1.165, 1.54) is 12.5 Å². The smallest absolute Gasteiger partial charge is 0.340 e. The summed E-state index contributed by atoms with van der Waals surface area (Å²) in [5, 5.41) is 2.37. The number of hydrogen-bond donors (Lipinski definition) is 0. The summed E-state index contributed by atoms with van der Waals surface area (Å²) >= 11 is 0. The number of benzene rings is 1. The van der Waals surface area contributed by atoms with Gasteiger partial charge in [-0.25, -0.2) is 4.79 Å². The van der Waals surface area contributed by atoms with E-state index in [4.69, 9.17) is 4.74 Å². The second-order valence-corrected chi connectivity index (χ2v) is 4.61. The van der Waals surface area contributed by atoms with Crippen molar-refractivity contribution in [3.63, 3.8) is 0 Å². The molecule has 0 unspecified atom stereocenters. The van der Waals surface area contributed by atoms with Crippen LogP contribution in [0.5, 0.6) is 0 Å². The molecule has 0 bridgehead atoms. The van der Waals surface area contributed by atoms with E-state index in [0.29, 0.717) is 5.56 Å². The van der Waals surface area contributed by atoms with Gasteiger partial charge in [0.25, 0.3) is 0 Å². The topological polar surface area (TPSA) is 30.7 Å². The summed E-state index contributed by atoms with van der Waals surface area (Å²) in [6.45, 7) is 0. The number of rotatable bonds is 1. The number of aromatic nitrogens is 1. The van der Waals surface area contributed by atoms with Gasteiger partial charge in [0.05, 0.1) is 29.2 Å². The third-order valence-electron chi connectivity index (χ3n) is 3.67. The van der Waals surface area contributed by atoms with Gasteiger partial charge in [0, 0.05) is 10.8 Å². The molecule has 0 aliphatic heterocycles. The molecule has 19 heavy (non-hydrogen) atoms. The summed E-state index contributed by atoms with van der Waals surface area (Å²) in [7, 11) is 1.41. The molecular weight excluding hydrogens is 238 g/mol. The maximum absolute atomic E-state index is 11.9. The van der Waals surface area contributed by atoms with Gasteiger partial charge in [-0.2, -0.15) is 0 Å². The van der Waals surface area contributed by atoms with Crippen molar-refractivity contribution in [3.8, 4) is 0 Å². The average Bonchev–Trinajstić information content (AvgIpc) is 3.00. The zero-order valence-corrected chi connectivity index (χ0v) is 10.4. The maximum Gasteiger partial charge on any atom is 0.340 e. The predicted molar refractivity (Wildman–Crippen MR) is 74.9 cm³/mol. The number of methoxy groups -OCH3 is 1. The van der Waals surface area contributed by atoms with Crippen LogP contribution in [0.3, 0.4) is 0 Å². The number of nitrogens with zero attached hydrogens (tertiary/aromatic N) is 1. The van der Waals surface area contributed by atoms with E-state index >= 15 is 0 Å². The molecule has 3 heterocycles. The van der Waals surface area contributed by atoms with Crippen LogP contribution in [0.1, 0.15) is 10.4 Å². The lowest BCUT2D eigenvalue weighted by Gasteiger charge is -1.99. The Kier molecular flexibility index (Phi) is 1.90. The fourth-order valence-corrected chi connectivity index (χ4v) is 2.87. The number of ether oxygens (including phenoxy) is 1. The number of fused-ring (bicyclic) bond motifs is 3. The lowest BCUT2D eigenvalue weighted by atomic mass is 10.1. The van der Waals surface area contributed by atoms with Gasteiger partial charge in [0.15, 0.2) is 0 Å². The van der Waals surface area contributed by atoms with Gasteiger partial charge in [-0.3, -0.25) is 0 Å². The first-order chi connectivity index (χ1) is 9.31. The molecule has 0 atom stereocenters. The van der Waals surface area contributed by atoms with Crippen LogP contribution in [-0.2, 0) is 4.74 Å². The molecule has 3 aromatic heterocycles. The van der Waals surface area contributed by atoms with Gasteiger partial charge >= 0.3 is 5.97 Å². The second-order valence-electron chi connectivity index (χ2n) is 4.61. The Labute approximate surface area is 109 Å². The van der Waals surface area contributed by atoms with Gasteiger partial charge in [0.1, 0.15) is 0 Å². The van der Waals surface area contributed by atoms with E-state index in [-0.39, 0.29) is 5.97 Å². The van der Waals surface area contributed by atoms with E-state index in [1.807, 2.05) is 30.3 Å². The first-order valence-electron chi connectivity index (χ1n) is 6.14. The summed E-state index contributed by atoms with van der Waals surface area (Å²) in [4.78, 5) is 11.9. The summed E-state index contributed by atoms with van der Waals surface area (Å²) < 4.78 is 6.98. The van der Waals surface area contributed by atoms with Crippen LogP contribution < -0.4 is 0 Å². The van der Waals surface area contributed by atoms with Gasteiger partial charge in [-0.15, -0.1) is 0 Å². The van der Waals surface area contributed by atoms with Crippen molar-refractivity contribution in [2.45, 2.75) is 0 Å². The molecule has 1 aromatic carbocycles. The molecule has 4 aromatic rings. The Hall–Kier alpha value is -2.55. The third kappa shape index (κ3) is 1.19. The van der Waals surface area contributed by atoms with Crippen molar-refractivity contribution in [3.05, 3.63) is 54.1 Å². The minimum atomic E-state index is -0.291. The fraction of sp³-hybridized carbons (Fsp3) is 0.0625. The summed E-state index contributed by atoms with van der Waals surface area (Å²) in [5.74, 6) is -0.291. The molecule has 0 saturated heterocycles. The largest absolute Gasteiger partial charge is 0.465 e. The minimum Gasteiger partial charge on any atom is -0.465 e. The summed E-state index contributed by atoms with van der Waals surface area (Å²) in [5.41, 5.74) is 3.70. The zero-order chi connectivity index (χ0) is 13.0. The molecule has 0 aliphatic carbocycles. The Balaban J connectivity index is 2.28. The molecule has 0 N–H and O–H groups in total. The van der Waals surface area contributed by atoms with Crippen LogP contribution in [0.25, 0.3) is 27.3 Å². The molecule has 0 amide bonds. The third-order valence-corrected chi connectivity index (χ3v) is 3.67. The first-order valence-corrected chi connectivity index (χ1v) is 6.14. The molecule has 92 valence electrons. The number of carbonyl (C=O) groups excluding carboxylic acids is 1. The molecule has 4 rings (SSSR count). The quantitative estimate of drug-likeness (QED) is 0.483. The normalized spacial score (nSPS) is 11.6. The van der Waals surface area contributed by atoms with E-state index in [2.05, 4.69) is 22.6 Å². The SMILES string of the molecule is COC(=O)c1cc2c3ccccc3c3cccc1n32. The van der Waals surface area contributed by atoms with Gasteiger partial charge < -0.3 is 9.14 Å². The molecule has 3 nitrogen and oxygen atoms in total. The van der Waals surface area contributed by atoms with Crippen molar-refractivity contribution < 1.29 is 9.53 Å². The van der Waals surface area contributed by atoms with E-state index in [0.717, 1.165) is 21.9 Å². The Bertz CT molecular complexity index is 920. The molecule has 0 radical (unpaired) electrons. The summed E-state index contributed by atoms with van der Waals surface area (Å²) in [6.07, 6.45) is 0. The maximum atomic E-state index is 11.9. The van der Waals surface area contributed by atoms with Crippen LogP contribution in [0.2, 0.25) is 0 Å². The lowest BCUT2D eigenvalue weighted by molar-refractivity contribution is 0.0603. The first kappa shape index (κ1) is 10.4. The minimum absolute atomic E-state index is 0.291. The molecule has 0 saturated carbocycles. The van der Waals surface area contributed by atoms with Gasteiger partial charge in [-0.1, -0.05) is 30.3 Å². The summed E-state index contributed by atoms with van der Waals surface area (Å²) in [6, 6.07) is 16.1. The number of esters is 1. The number of hydrogen-bond acceptors (Lipinski definition) is 2. The van der Waals surface area contributed by atoms with Crippen LogP contribution in [0, 0.1) is 0 Å². The highest BCUT2D eigenvalue weighted by molar-refractivity contribution is 6.13. The molecule has 0 fully saturated rings. The second kappa shape index (κ2) is 3.48. The lowest BCUT2D eigenvalue weighted by Crippen LogP contribution is -2.00. The average molecular weight is 249 g/mol. The highest BCUT2D eigenvalue weighted by Gasteiger charge is 2.18.